The molecular formula is C24H18N2O2. The van der Waals surface area contributed by atoms with E-state index in [1.54, 1.807) is 0 Å². The minimum Gasteiger partial charge on any atom is -0.464 e. The third-order valence-corrected chi connectivity index (χ3v) is 5.33. The highest BCUT2D eigenvalue weighted by molar-refractivity contribution is 5.84. The Balaban J connectivity index is 1.28. The first-order chi connectivity index (χ1) is 13.8. The monoisotopic (exact) mass is 366 g/mol. The number of hydrogen-bond acceptors (Lipinski definition) is 4. The molecule has 0 saturated carbocycles. The molecule has 2 unspecified atom stereocenters. The number of nitrogens with one attached hydrogen (secondary N) is 2. The lowest BCUT2D eigenvalue weighted by molar-refractivity contribution is 0.259. The summed E-state index contributed by atoms with van der Waals surface area (Å²) in [4.78, 5) is 0. The van der Waals surface area contributed by atoms with E-state index in [4.69, 9.17) is 9.47 Å². The lowest BCUT2D eigenvalue weighted by atomic mass is 10.0. The van der Waals surface area contributed by atoms with Crippen LogP contribution in [0.3, 0.4) is 0 Å². The molecule has 28 heavy (non-hydrogen) atoms. The van der Waals surface area contributed by atoms with Gasteiger partial charge in [0, 0.05) is 11.1 Å². The van der Waals surface area contributed by atoms with Crippen molar-refractivity contribution < 1.29 is 9.47 Å². The number of ether oxygens (including phenoxy) is 2. The van der Waals surface area contributed by atoms with Crippen LogP contribution in [0, 0.1) is 0 Å². The van der Waals surface area contributed by atoms with Crippen molar-refractivity contribution in [1.82, 2.24) is 0 Å². The summed E-state index contributed by atoms with van der Waals surface area (Å²) in [5.74, 6) is 1.79. The third kappa shape index (κ3) is 2.46. The molecule has 4 heteroatoms. The maximum Gasteiger partial charge on any atom is 0.196 e. The normalized spacial score (nSPS) is 19.1. The smallest absolute Gasteiger partial charge is 0.196 e. The molecule has 0 radical (unpaired) electrons. The zero-order valence-corrected chi connectivity index (χ0v) is 15.1. The summed E-state index contributed by atoms with van der Waals surface area (Å²) < 4.78 is 12.1. The maximum absolute atomic E-state index is 6.04. The van der Waals surface area contributed by atoms with Gasteiger partial charge in [0.25, 0.3) is 0 Å². The van der Waals surface area contributed by atoms with Gasteiger partial charge in [-0.1, -0.05) is 48.5 Å². The van der Waals surface area contributed by atoms with Crippen LogP contribution in [-0.4, -0.2) is 0 Å². The average molecular weight is 366 g/mol. The van der Waals surface area contributed by atoms with E-state index in [1.807, 2.05) is 48.5 Å². The van der Waals surface area contributed by atoms with Crippen LogP contribution in [-0.2, 0) is 0 Å². The van der Waals surface area contributed by atoms with Gasteiger partial charge in [-0.15, -0.1) is 0 Å². The van der Waals surface area contributed by atoms with Crippen molar-refractivity contribution in [2.75, 3.05) is 10.6 Å². The van der Waals surface area contributed by atoms with Crippen LogP contribution in [0.5, 0.6) is 11.5 Å². The van der Waals surface area contributed by atoms with Crippen LogP contribution in [0.25, 0.3) is 10.8 Å². The molecule has 6 rings (SSSR count). The van der Waals surface area contributed by atoms with Gasteiger partial charge < -0.3 is 20.1 Å². The molecule has 0 aromatic heterocycles. The standard InChI is InChI=1S/C24H18N2O2/c1-3-7-21-19(5-1)25-23(27-21)17-11-9-16-14-18(12-10-15(16)13-17)24-26-20-6-2-4-8-22(20)28-24/h1-14,23-26H. The predicted octanol–water partition coefficient (Wildman–Crippen LogP) is 5.85. The first-order valence-electron chi connectivity index (χ1n) is 9.42. The van der Waals surface area contributed by atoms with Crippen LogP contribution in [0.4, 0.5) is 11.4 Å². The topological polar surface area (TPSA) is 42.5 Å². The maximum atomic E-state index is 6.04. The fourth-order valence-electron chi connectivity index (χ4n) is 3.88. The van der Waals surface area contributed by atoms with Gasteiger partial charge in [-0.25, -0.2) is 0 Å². The first kappa shape index (κ1) is 15.4. The molecule has 0 fully saturated rings. The van der Waals surface area contributed by atoms with Gasteiger partial charge in [0.2, 0.25) is 0 Å². The zero-order valence-electron chi connectivity index (χ0n) is 15.1. The lowest BCUT2D eigenvalue weighted by Crippen LogP contribution is -2.11. The summed E-state index contributed by atoms with van der Waals surface area (Å²) in [6, 6.07) is 28.9. The average Bonchev–Trinajstić information content (AvgIpc) is 3.37. The van der Waals surface area contributed by atoms with Crippen LogP contribution < -0.4 is 20.1 Å². The first-order valence-corrected chi connectivity index (χ1v) is 9.42. The molecule has 136 valence electrons. The predicted molar refractivity (Wildman–Crippen MR) is 111 cm³/mol. The summed E-state index contributed by atoms with van der Waals surface area (Å²) >= 11 is 0. The molecule has 2 aliphatic heterocycles. The quantitative estimate of drug-likeness (QED) is 0.467. The van der Waals surface area contributed by atoms with Crippen molar-refractivity contribution in [2.45, 2.75) is 12.5 Å². The number of benzene rings is 4. The second kappa shape index (κ2) is 5.92. The molecular weight excluding hydrogens is 348 g/mol. The molecule has 0 saturated heterocycles. The molecule has 4 nitrogen and oxygen atoms in total. The molecule has 0 spiro atoms. The molecule has 2 N–H and O–H groups in total. The Kier molecular flexibility index (Phi) is 3.26. The van der Waals surface area contributed by atoms with Crippen molar-refractivity contribution in [3.63, 3.8) is 0 Å². The summed E-state index contributed by atoms with van der Waals surface area (Å²) in [6.45, 7) is 0. The highest BCUT2D eigenvalue weighted by atomic mass is 16.5. The SMILES string of the molecule is c1ccc2c(c1)NC(c1ccc3cc(C4Nc5ccccc5O4)ccc3c1)O2. The summed E-state index contributed by atoms with van der Waals surface area (Å²) in [5, 5.41) is 9.22. The van der Waals surface area contributed by atoms with Gasteiger partial charge >= 0.3 is 0 Å². The highest BCUT2D eigenvalue weighted by Gasteiger charge is 2.24. The van der Waals surface area contributed by atoms with Gasteiger partial charge in [-0.2, -0.15) is 0 Å². The molecule has 0 amide bonds. The molecule has 0 aliphatic carbocycles. The van der Waals surface area contributed by atoms with E-state index in [9.17, 15) is 0 Å². The van der Waals surface area contributed by atoms with Crippen LogP contribution in [0.15, 0.2) is 84.9 Å². The van der Waals surface area contributed by atoms with Gasteiger partial charge in [0.15, 0.2) is 12.5 Å². The third-order valence-electron chi connectivity index (χ3n) is 5.33. The van der Waals surface area contributed by atoms with Crippen molar-refractivity contribution in [1.29, 1.82) is 0 Å². The van der Waals surface area contributed by atoms with Crippen LogP contribution in [0.1, 0.15) is 23.6 Å². The Morgan fingerprint density at radius 1 is 0.536 bits per heavy atom. The van der Waals surface area contributed by atoms with E-state index in [-0.39, 0.29) is 12.5 Å². The molecule has 4 aromatic rings. The Morgan fingerprint density at radius 3 is 1.46 bits per heavy atom. The van der Waals surface area contributed by atoms with E-state index >= 15 is 0 Å². The molecule has 2 heterocycles. The Bertz CT molecular complexity index is 1060. The lowest BCUT2D eigenvalue weighted by Gasteiger charge is -2.15. The molecule has 0 bridgehead atoms. The van der Waals surface area contributed by atoms with E-state index in [0.29, 0.717) is 0 Å². The fourth-order valence-corrected chi connectivity index (χ4v) is 3.88. The van der Waals surface area contributed by atoms with E-state index in [2.05, 4.69) is 47.0 Å². The Hall–Kier alpha value is -3.66. The molecule has 2 aliphatic rings. The van der Waals surface area contributed by atoms with Crippen molar-refractivity contribution >= 4 is 22.1 Å². The summed E-state index contributed by atoms with van der Waals surface area (Å²) in [6.07, 6.45) is -0.313. The van der Waals surface area contributed by atoms with Gasteiger partial charge in [-0.05, 0) is 47.2 Å². The van der Waals surface area contributed by atoms with Crippen LogP contribution in [0.2, 0.25) is 0 Å². The highest BCUT2D eigenvalue weighted by Crippen LogP contribution is 2.39. The van der Waals surface area contributed by atoms with E-state index in [0.717, 1.165) is 34.0 Å². The summed E-state index contributed by atoms with van der Waals surface area (Å²) in [7, 11) is 0. The second-order valence-electron chi connectivity index (χ2n) is 7.14. The van der Waals surface area contributed by atoms with Gasteiger partial charge in [-0.3, -0.25) is 0 Å². The molecule has 2 atom stereocenters. The van der Waals surface area contributed by atoms with Crippen LogP contribution >= 0.6 is 0 Å². The number of rotatable bonds is 2. The minimum absolute atomic E-state index is 0.157. The number of hydrogen-bond donors (Lipinski definition) is 2. The van der Waals surface area contributed by atoms with Crippen molar-refractivity contribution in [3.05, 3.63) is 96.1 Å². The van der Waals surface area contributed by atoms with E-state index < -0.39 is 0 Å². The number of para-hydroxylation sites is 4. The zero-order chi connectivity index (χ0) is 18.5. The van der Waals surface area contributed by atoms with E-state index in [1.165, 1.54) is 10.8 Å². The number of anilines is 2. The van der Waals surface area contributed by atoms with Gasteiger partial charge in [0.1, 0.15) is 11.5 Å². The Morgan fingerprint density at radius 2 is 1.00 bits per heavy atom. The largest absolute Gasteiger partial charge is 0.464 e. The van der Waals surface area contributed by atoms with Crippen molar-refractivity contribution in [3.8, 4) is 11.5 Å². The van der Waals surface area contributed by atoms with Gasteiger partial charge in [0.05, 0.1) is 11.4 Å². The summed E-state index contributed by atoms with van der Waals surface area (Å²) in [5.41, 5.74) is 4.29. The van der Waals surface area contributed by atoms with Crippen molar-refractivity contribution in [2.24, 2.45) is 0 Å². The Labute approximate surface area is 162 Å². The fraction of sp³-hybridized carbons (Fsp3) is 0.0833. The second-order valence-corrected chi connectivity index (χ2v) is 7.14. The number of fused-ring (bicyclic) bond motifs is 3. The molecule has 4 aromatic carbocycles. The minimum atomic E-state index is -0.157.